The lowest BCUT2D eigenvalue weighted by Crippen LogP contribution is -3.14. The monoisotopic (exact) mass is 398 g/mol. The molecule has 0 bridgehead atoms. The Balaban J connectivity index is 1.64. The maximum atomic E-state index is 12.7. The van der Waals surface area contributed by atoms with Crippen LogP contribution in [-0.2, 0) is 0 Å². The van der Waals surface area contributed by atoms with E-state index in [1.165, 1.54) is 29.2 Å². The molecule has 0 spiro atoms. The Kier molecular flexibility index (Phi) is 6.39. The third-order valence-electron chi connectivity index (χ3n) is 5.58. The normalized spacial score (nSPS) is 15.6. The van der Waals surface area contributed by atoms with E-state index in [2.05, 4.69) is 6.92 Å². The Morgan fingerprint density at radius 3 is 2.17 bits per heavy atom. The highest BCUT2D eigenvalue weighted by atomic mass is 16.5. The van der Waals surface area contributed by atoms with Crippen LogP contribution >= 0.6 is 0 Å². The van der Waals surface area contributed by atoms with Crippen LogP contribution in [-0.4, -0.2) is 57.2 Å². The summed E-state index contributed by atoms with van der Waals surface area (Å²) < 4.78 is 10.8. The highest BCUT2D eigenvalue weighted by Gasteiger charge is 2.29. The van der Waals surface area contributed by atoms with Crippen LogP contribution in [0.25, 0.3) is 0 Å². The van der Waals surface area contributed by atoms with Crippen molar-refractivity contribution in [2.24, 2.45) is 0 Å². The topological polar surface area (TPSA) is 83.3 Å². The van der Waals surface area contributed by atoms with Gasteiger partial charge in [-0.05, 0) is 36.8 Å². The molecular formula is C22H26N2O5. The minimum atomic E-state index is -1.25. The predicted octanol–water partition coefficient (Wildman–Crippen LogP) is 0.169. The van der Waals surface area contributed by atoms with Gasteiger partial charge in [-0.2, -0.15) is 0 Å². The van der Waals surface area contributed by atoms with Gasteiger partial charge in [0, 0.05) is 11.6 Å². The van der Waals surface area contributed by atoms with Crippen LogP contribution in [0, 0.1) is 0 Å². The predicted molar refractivity (Wildman–Crippen MR) is 105 cm³/mol. The maximum Gasteiger partial charge on any atom is 0.254 e. The second-order valence-corrected chi connectivity index (χ2v) is 7.14. The minimum absolute atomic E-state index is 0.0677. The van der Waals surface area contributed by atoms with Gasteiger partial charge >= 0.3 is 0 Å². The average Bonchev–Trinajstić information content (AvgIpc) is 2.77. The van der Waals surface area contributed by atoms with E-state index in [1.807, 2.05) is 23.1 Å². The summed E-state index contributed by atoms with van der Waals surface area (Å²) in [4.78, 5) is 26.8. The Hall–Kier alpha value is -3.06. The molecule has 1 fully saturated rings. The summed E-state index contributed by atoms with van der Waals surface area (Å²) in [6.07, 6.45) is 0. The average molecular weight is 398 g/mol. The van der Waals surface area contributed by atoms with Gasteiger partial charge in [0.1, 0.15) is 17.5 Å². The summed E-state index contributed by atoms with van der Waals surface area (Å²) in [7, 11) is 3.29. The van der Waals surface area contributed by atoms with E-state index in [1.54, 1.807) is 14.2 Å². The first-order valence-electron chi connectivity index (χ1n) is 9.61. The van der Waals surface area contributed by atoms with Gasteiger partial charge in [0.2, 0.25) is 0 Å². The first-order chi connectivity index (χ1) is 13.9. The van der Waals surface area contributed by atoms with E-state index in [4.69, 9.17) is 9.47 Å². The zero-order valence-electron chi connectivity index (χ0n) is 16.9. The molecule has 3 rings (SSSR count). The fourth-order valence-corrected chi connectivity index (χ4v) is 3.76. The van der Waals surface area contributed by atoms with E-state index in [9.17, 15) is 14.7 Å². The molecule has 1 N–H and O–H groups in total. The molecule has 7 heteroatoms. The minimum Gasteiger partial charge on any atom is -0.545 e. The number of methoxy groups -OCH3 is 2. The largest absolute Gasteiger partial charge is 0.545 e. The highest BCUT2D eigenvalue weighted by molar-refractivity contribution is 5.95. The number of piperazine rings is 1. The summed E-state index contributed by atoms with van der Waals surface area (Å²) in [6, 6.07) is 12.0. The molecule has 2 aromatic carbocycles. The molecule has 0 aliphatic carbocycles. The van der Waals surface area contributed by atoms with Crippen LogP contribution in [0.1, 0.15) is 39.2 Å². The number of amides is 1. The third kappa shape index (κ3) is 4.51. The van der Waals surface area contributed by atoms with E-state index in [-0.39, 0.29) is 17.5 Å². The number of carbonyl (C=O) groups excluding carboxylic acids is 2. The first-order valence-corrected chi connectivity index (χ1v) is 9.61. The van der Waals surface area contributed by atoms with Crippen LogP contribution in [0.4, 0.5) is 0 Å². The fraction of sp³-hybridized carbons (Fsp3) is 0.364. The Labute approximate surface area is 170 Å². The molecule has 7 nitrogen and oxygen atoms in total. The van der Waals surface area contributed by atoms with E-state index < -0.39 is 5.97 Å². The van der Waals surface area contributed by atoms with Crippen LogP contribution in [0.15, 0.2) is 42.5 Å². The number of aromatic carboxylic acids is 1. The second kappa shape index (κ2) is 8.96. The summed E-state index contributed by atoms with van der Waals surface area (Å²) >= 11 is 0. The van der Waals surface area contributed by atoms with Crippen molar-refractivity contribution in [1.29, 1.82) is 0 Å². The SMILES string of the molecule is COc1ccc([C@H](C)[NH+]2CCN(C(=O)c3ccc(C(=O)[O-])cc3)CC2)c(OC)c1. The molecule has 1 aliphatic heterocycles. The number of carboxylic acid groups (broad SMARTS) is 1. The molecule has 0 aromatic heterocycles. The molecule has 1 atom stereocenters. The number of carbonyl (C=O) groups is 2. The van der Waals surface area contributed by atoms with Crippen LogP contribution in [0.2, 0.25) is 0 Å². The highest BCUT2D eigenvalue weighted by Crippen LogP contribution is 2.28. The van der Waals surface area contributed by atoms with Gasteiger partial charge in [-0.25, -0.2) is 0 Å². The van der Waals surface area contributed by atoms with Gasteiger partial charge < -0.3 is 29.2 Å². The lowest BCUT2D eigenvalue weighted by molar-refractivity contribution is -0.933. The summed E-state index contributed by atoms with van der Waals surface area (Å²) in [5, 5.41) is 10.9. The lowest BCUT2D eigenvalue weighted by atomic mass is 10.0. The standard InChI is InChI=1S/C22H26N2O5/c1-15(19-9-8-18(28-2)14-20(19)29-3)23-10-12-24(13-11-23)21(25)16-4-6-17(7-5-16)22(26)27/h4-9,14-15H,10-13H2,1-3H3,(H,26,27)/t15-/m0/s1. The molecule has 154 valence electrons. The lowest BCUT2D eigenvalue weighted by Gasteiger charge is -2.36. The summed E-state index contributed by atoms with van der Waals surface area (Å²) in [6.45, 7) is 5.08. The Morgan fingerprint density at radius 1 is 1.00 bits per heavy atom. The van der Waals surface area contributed by atoms with Crippen molar-refractivity contribution in [3.05, 3.63) is 59.2 Å². The molecule has 1 saturated heterocycles. The van der Waals surface area contributed by atoms with Crippen molar-refractivity contribution in [3.8, 4) is 11.5 Å². The third-order valence-corrected chi connectivity index (χ3v) is 5.58. The van der Waals surface area contributed by atoms with Crippen molar-refractivity contribution in [2.75, 3.05) is 40.4 Å². The molecule has 0 saturated carbocycles. The van der Waals surface area contributed by atoms with E-state index in [0.717, 1.165) is 30.2 Å². The maximum absolute atomic E-state index is 12.7. The zero-order valence-corrected chi connectivity index (χ0v) is 16.9. The number of carboxylic acids is 1. The molecule has 1 amide bonds. The second-order valence-electron chi connectivity index (χ2n) is 7.14. The van der Waals surface area contributed by atoms with E-state index >= 15 is 0 Å². The molecule has 0 unspecified atom stereocenters. The van der Waals surface area contributed by atoms with E-state index in [0.29, 0.717) is 18.7 Å². The van der Waals surface area contributed by atoms with Gasteiger partial charge in [-0.3, -0.25) is 4.79 Å². The smallest absolute Gasteiger partial charge is 0.254 e. The van der Waals surface area contributed by atoms with Crippen LogP contribution in [0.3, 0.4) is 0 Å². The quantitative estimate of drug-likeness (QED) is 0.750. The number of rotatable bonds is 6. The van der Waals surface area contributed by atoms with Crippen molar-refractivity contribution < 1.29 is 29.1 Å². The van der Waals surface area contributed by atoms with Crippen LogP contribution < -0.4 is 19.5 Å². The number of hydrogen-bond acceptors (Lipinski definition) is 5. The number of benzene rings is 2. The molecule has 1 heterocycles. The number of nitrogens with one attached hydrogen (secondary N) is 1. The van der Waals surface area contributed by atoms with Crippen molar-refractivity contribution in [2.45, 2.75) is 13.0 Å². The molecule has 2 aromatic rings. The number of quaternary nitrogens is 1. The van der Waals surface area contributed by atoms with Crippen LogP contribution in [0.5, 0.6) is 11.5 Å². The molecule has 0 radical (unpaired) electrons. The van der Waals surface area contributed by atoms with Gasteiger partial charge in [0.25, 0.3) is 5.91 Å². The van der Waals surface area contributed by atoms with Crippen molar-refractivity contribution >= 4 is 11.9 Å². The van der Waals surface area contributed by atoms with Gasteiger partial charge in [-0.1, -0.05) is 12.1 Å². The molecular weight excluding hydrogens is 372 g/mol. The number of nitrogens with zero attached hydrogens (tertiary/aromatic N) is 1. The number of ether oxygens (including phenoxy) is 2. The van der Waals surface area contributed by atoms with Crippen molar-refractivity contribution in [1.82, 2.24) is 4.90 Å². The van der Waals surface area contributed by atoms with Gasteiger partial charge in [0.05, 0.1) is 51.9 Å². The molecule has 29 heavy (non-hydrogen) atoms. The fourth-order valence-electron chi connectivity index (χ4n) is 3.76. The first kappa shape index (κ1) is 20.7. The summed E-state index contributed by atoms with van der Waals surface area (Å²) in [5.74, 6) is 0.233. The number of hydrogen-bond donors (Lipinski definition) is 1. The Bertz CT molecular complexity index is 873. The summed E-state index contributed by atoms with van der Waals surface area (Å²) in [5.41, 5.74) is 1.67. The Morgan fingerprint density at radius 2 is 1.62 bits per heavy atom. The van der Waals surface area contributed by atoms with Gasteiger partial charge in [0.15, 0.2) is 0 Å². The zero-order chi connectivity index (χ0) is 21.0. The van der Waals surface area contributed by atoms with Crippen molar-refractivity contribution in [3.63, 3.8) is 0 Å². The molecule has 1 aliphatic rings. The van der Waals surface area contributed by atoms with Gasteiger partial charge in [-0.15, -0.1) is 0 Å².